The summed E-state index contributed by atoms with van der Waals surface area (Å²) in [4.78, 5) is 10.4. The average molecular weight is 250 g/mol. The van der Waals surface area contributed by atoms with Gasteiger partial charge in [-0.1, -0.05) is 6.08 Å². The van der Waals surface area contributed by atoms with E-state index in [9.17, 15) is 0 Å². The van der Waals surface area contributed by atoms with Gasteiger partial charge >= 0.3 is 0 Å². The minimum absolute atomic E-state index is 0.00182. The Kier molecular flexibility index (Phi) is 4.11. The predicted octanol–water partition coefficient (Wildman–Crippen LogP) is 0.465. The van der Waals surface area contributed by atoms with Crippen molar-refractivity contribution in [3.8, 4) is 0 Å². The Morgan fingerprint density at radius 2 is 2.33 bits per heavy atom. The van der Waals surface area contributed by atoms with Gasteiger partial charge in [0.05, 0.1) is 6.61 Å². The Labute approximate surface area is 106 Å². The van der Waals surface area contributed by atoms with Crippen molar-refractivity contribution in [3.63, 3.8) is 0 Å². The van der Waals surface area contributed by atoms with Crippen LogP contribution in [-0.2, 0) is 9.47 Å². The zero-order chi connectivity index (χ0) is 13.0. The third-order valence-electron chi connectivity index (χ3n) is 2.89. The summed E-state index contributed by atoms with van der Waals surface area (Å²) in [5.74, 6) is 1.08. The first kappa shape index (κ1) is 12.8. The molecule has 2 atom stereocenters. The van der Waals surface area contributed by atoms with E-state index in [-0.39, 0.29) is 12.2 Å². The summed E-state index contributed by atoms with van der Waals surface area (Å²) >= 11 is 0. The highest BCUT2D eigenvalue weighted by Gasteiger charge is 2.34. The number of ether oxygens (including phenoxy) is 2. The lowest BCUT2D eigenvalue weighted by Gasteiger charge is -2.16. The van der Waals surface area contributed by atoms with Crippen LogP contribution in [0.4, 0.5) is 11.8 Å². The maximum Gasteiger partial charge on any atom is 0.227 e. The zero-order valence-electron chi connectivity index (χ0n) is 10.5. The highest BCUT2D eigenvalue weighted by Crippen LogP contribution is 2.21. The smallest absolute Gasteiger partial charge is 0.227 e. The van der Waals surface area contributed by atoms with Crippen molar-refractivity contribution in [2.45, 2.75) is 12.2 Å². The highest BCUT2D eigenvalue weighted by molar-refractivity contribution is 5.39. The Balaban J connectivity index is 2.06. The minimum atomic E-state index is -0.00182. The number of methoxy groups -OCH3 is 1. The van der Waals surface area contributed by atoms with Gasteiger partial charge < -0.3 is 20.1 Å². The second-order valence-corrected chi connectivity index (χ2v) is 4.12. The van der Waals surface area contributed by atoms with E-state index in [1.54, 1.807) is 25.4 Å². The normalized spacial score (nSPS) is 23.3. The van der Waals surface area contributed by atoms with Crippen molar-refractivity contribution in [1.29, 1.82) is 0 Å². The number of anilines is 2. The van der Waals surface area contributed by atoms with Gasteiger partial charge in [0.25, 0.3) is 0 Å². The number of rotatable bonds is 5. The number of nitrogen functional groups attached to an aromatic ring is 1. The van der Waals surface area contributed by atoms with Crippen molar-refractivity contribution in [1.82, 2.24) is 9.97 Å². The Bertz CT molecular complexity index is 413. The van der Waals surface area contributed by atoms with Crippen LogP contribution in [0, 0.1) is 0 Å². The molecule has 1 aliphatic heterocycles. The summed E-state index contributed by atoms with van der Waals surface area (Å²) < 4.78 is 11.1. The van der Waals surface area contributed by atoms with E-state index < -0.39 is 0 Å². The molecule has 0 unspecified atom stereocenters. The van der Waals surface area contributed by atoms with Gasteiger partial charge in [0.15, 0.2) is 0 Å². The summed E-state index contributed by atoms with van der Waals surface area (Å²) in [5.41, 5.74) is 5.65. The SMILES string of the molecule is C=CCO[C@@H]1CN(c2nccc(N)n2)C[C@@H]1OC. The summed E-state index contributed by atoms with van der Waals surface area (Å²) in [6.45, 7) is 5.54. The Hall–Kier alpha value is -1.66. The molecule has 0 aromatic carbocycles. The molecule has 0 spiro atoms. The van der Waals surface area contributed by atoms with Gasteiger partial charge in [0.1, 0.15) is 18.0 Å². The van der Waals surface area contributed by atoms with Crippen LogP contribution in [-0.4, -0.2) is 49.0 Å². The molecule has 98 valence electrons. The van der Waals surface area contributed by atoms with E-state index in [1.807, 2.05) is 4.90 Å². The average Bonchev–Trinajstić information content (AvgIpc) is 2.79. The summed E-state index contributed by atoms with van der Waals surface area (Å²) in [6, 6.07) is 1.67. The molecule has 2 N–H and O–H groups in total. The molecule has 6 heteroatoms. The fourth-order valence-corrected chi connectivity index (χ4v) is 2.00. The number of aromatic nitrogens is 2. The van der Waals surface area contributed by atoms with Crippen LogP contribution in [0.5, 0.6) is 0 Å². The van der Waals surface area contributed by atoms with Crippen LogP contribution in [0.25, 0.3) is 0 Å². The van der Waals surface area contributed by atoms with Gasteiger partial charge in [-0.25, -0.2) is 4.98 Å². The molecule has 0 radical (unpaired) electrons. The van der Waals surface area contributed by atoms with Crippen molar-refractivity contribution in [3.05, 3.63) is 24.9 Å². The summed E-state index contributed by atoms with van der Waals surface area (Å²) in [5, 5.41) is 0. The van der Waals surface area contributed by atoms with Crippen molar-refractivity contribution >= 4 is 11.8 Å². The van der Waals surface area contributed by atoms with Crippen LogP contribution >= 0.6 is 0 Å². The molecule has 0 aliphatic carbocycles. The topological polar surface area (TPSA) is 73.5 Å². The van der Waals surface area contributed by atoms with Gasteiger partial charge in [-0.2, -0.15) is 4.98 Å². The molecule has 0 bridgehead atoms. The molecule has 1 saturated heterocycles. The largest absolute Gasteiger partial charge is 0.384 e. The number of hydrogen-bond acceptors (Lipinski definition) is 6. The zero-order valence-corrected chi connectivity index (χ0v) is 10.5. The second kappa shape index (κ2) is 5.79. The molecule has 1 aliphatic rings. The van der Waals surface area contributed by atoms with E-state index in [4.69, 9.17) is 15.2 Å². The third-order valence-corrected chi connectivity index (χ3v) is 2.89. The molecule has 0 saturated carbocycles. The van der Waals surface area contributed by atoms with Crippen LogP contribution in [0.2, 0.25) is 0 Å². The van der Waals surface area contributed by atoms with E-state index >= 15 is 0 Å². The van der Waals surface area contributed by atoms with Crippen LogP contribution in [0.1, 0.15) is 0 Å². The van der Waals surface area contributed by atoms with E-state index in [1.165, 1.54) is 0 Å². The fraction of sp³-hybridized carbons (Fsp3) is 0.500. The minimum Gasteiger partial charge on any atom is -0.384 e. The molecule has 1 aromatic heterocycles. The first-order valence-corrected chi connectivity index (χ1v) is 5.83. The third kappa shape index (κ3) is 2.77. The molecular weight excluding hydrogens is 232 g/mol. The standard InChI is InChI=1S/C12H18N4O2/c1-3-6-18-10-8-16(7-9(10)17-2)12-14-5-4-11(13)15-12/h3-5,9-10H,1,6-8H2,2H3,(H2,13,14,15)/t9-,10+/m0/s1. The van der Waals surface area contributed by atoms with Crippen LogP contribution < -0.4 is 10.6 Å². The van der Waals surface area contributed by atoms with Crippen LogP contribution in [0.3, 0.4) is 0 Å². The Morgan fingerprint density at radius 3 is 3.00 bits per heavy atom. The molecule has 6 nitrogen and oxygen atoms in total. The van der Waals surface area contributed by atoms with Gasteiger partial charge in [-0.3, -0.25) is 0 Å². The fourth-order valence-electron chi connectivity index (χ4n) is 2.00. The maximum atomic E-state index is 5.67. The number of nitrogens with zero attached hydrogens (tertiary/aromatic N) is 3. The molecule has 2 heterocycles. The molecule has 2 rings (SSSR count). The monoisotopic (exact) mass is 250 g/mol. The molecular formula is C12H18N4O2. The second-order valence-electron chi connectivity index (χ2n) is 4.12. The van der Waals surface area contributed by atoms with E-state index in [2.05, 4.69) is 16.5 Å². The van der Waals surface area contributed by atoms with E-state index in [0.29, 0.717) is 31.5 Å². The predicted molar refractivity (Wildman–Crippen MR) is 69.4 cm³/mol. The lowest BCUT2D eigenvalue weighted by molar-refractivity contribution is -0.0177. The molecule has 18 heavy (non-hydrogen) atoms. The van der Waals surface area contributed by atoms with Crippen molar-refractivity contribution < 1.29 is 9.47 Å². The van der Waals surface area contributed by atoms with Crippen molar-refractivity contribution in [2.24, 2.45) is 0 Å². The van der Waals surface area contributed by atoms with Gasteiger partial charge in [-0.05, 0) is 6.07 Å². The number of nitrogens with two attached hydrogens (primary N) is 1. The van der Waals surface area contributed by atoms with Crippen LogP contribution in [0.15, 0.2) is 24.9 Å². The summed E-state index contributed by atoms with van der Waals surface area (Å²) in [6.07, 6.45) is 3.39. The van der Waals surface area contributed by atoms with E-state index in [0.717, 1.165) is 0 Å². The lowest BCUT2D eigenvalue weighted by atomic mass is 10.2. The Morgan fingerprint density at radius 1 is 1.56 bits per heavy atom. The first-order valence-electron chi connectivity index (χ1n) is 5.83. The quantitative estimate of drug-likeness (QED) is 0.766. The number of hydrogen-bond donors (Lipinski definition) is 1. The molecule has 0 amide bonds. The summed E-state index contributed by atoms with van der Waals surface area (Å²) in [7, 11) is 1.68. The first-order chi connectivity index (χ1) is 8.74. The van der Waals surface area contributed by atoms with Gasteiger partial charge in [0, 0.05) is 26.4 Å². The lowest BCUT2D eigenvalue weighted by Crippen LogP contribution is -2.28. The molecule has 1 aromatic rings. The van der Waals surface area contributed by atoms with Crippen molar-refractivity contribution in [2.75, 3.05) is 37.4 Å². The maximum absolute atomic E-state index is 5.67. The van der Waals surface area contributed by atoms with Gasteiger partial charge in [-0.15, -0.1) is 6.58 Å². The highest BCUT2D eigenvalue weighted by atomic mass is 16.5. The molecule has 1 fully saturated rings. The van der Waals surface area contributed by atoms with Gasteiger partial charge in [0.2, 0.25) is 5.95 Å².